The normalized spacial score (nSPS) is 11.4. The summed E-state index contributed by atoms with van der Waals surface area (Å²) in [7, 11) is -3.86. The second-order valence-corrected chi connectivity index (χ2v) is 10.2. The summed E-state index contributed by atoms with van der Waals surface area (Å²) in [6.45, 7) is -0.210. The van der Waals surface area contributed by atoms with Crippen LogP contribution in [0.1, 0.15) is 5.56 Å². The first kappa shape index (κ1) is 22.6. The summed E-state index contributed by atoms with van der Waals surface area (Å²) < 4.78 is 28.6. The zero-order valence-electron chi connectivity index (χ0n) is 16.3. The van der Waals surface area contributed by atoms with E-state index < -0.39 is 15.9 Å². The van der Waals surface area contributed by atoms with Crippen LogP contribution in [0.25, 0.3) is 0 Å². The highest BCUT2D eigenvalue weighted by atomic mass is 79.9. The fourth-order valence-corrected chi connectivity index (χ4v) is 5.08. The molecule has 156 valence electrons. The molecule has 0 heterocycles. The maximum absolute atomic E-state index is 13.2. The Morgan fingerprint density at radius 1 is 0.967 bits per heavy atom. The molecule has 0 aliphatic heterocycles. The van der Waals surface area contributed by atoms with Gasteiger partial charge in [-0.1, -0.05) is 58.4 Å². The Morgan fingerprint density at radius 2 is 1.60 bits per heavy atom. The van der Waals surface area contributed by atoms with E-state index in [-0.39, 0.29) is 18.0 Å². The number of carbonyl (C=O) groups excluding carboxylic acids is 1. The lowest BCUT2D eigenvalue weighted by Gasteiger charge is -2.22. The summed E-state index contributed by atoms with van der Waals surface area (Å²) in [5.74, 6) is -0.395. The lowest BCUT2D eigenvalue weighted by molar-refractivity contribution is -0.116. The molecule has 3 aromatic rings. The third-order valence-corrected chi connectivity index (χ3v) is 7.48. The van der Waals surface area contributed by atoms with E-state index in [1.165, 1.54) is 28.2 Å². The van der Waals surface area contributed by atoms with Crippen LogP contribution in [0.2, 0.25) is 0 Å². The zero-order valence-corrected chi connectivity index (χ0v) is 19.5. The van der Waals surface area contributed by atoms with Crippen molar-refractivity contribution in [3.8, 4) is 0 Å². The summed E-state index contributed by atoms with van der Waals surface area (Å²) in [4.78, 5) is 13.8. The van der Waals surface area contributed by atoms with Gasteiger partial charge in [0.05, 0.1) is 17.1 Å². The van der Waals surface area contributed by atoms with Crippen molar-refractivity contribution in [3.05, 3.63) is 88.9 Å². The van der Waals surface area contributed by atoms with Crippen LogP contribution >= 0.6 is 27.7 Å². The summed E-state index contributed by atoms with van der Waals surface area (Å²) >= 11 is 4.89. The van der Waals surface area contributed by atoms with E-state index in [2.05, 4.69) is 21.2 Å². The Bertz CT molecular complexity index is 1100. The van der Waals surface area contributed by atoms with Gasteiger partial charge in [-0.25, -0.2) is 8.42 Å². The number of amides is 1. The van der Waals surface area contributed by atoms with E-state index in [9.17, 15) is 13.2 Å². The van der Waals surface area contributed by atoms with Gasteiger partial charge in [0.25, 0.3) is 0 Å². The molecule has 0 unspecified atom stereocenters. The van der Waals surface area contributed by atoms with E-state index in [4.69, 9.17) is 0 Å². The lowest BCUT2D eigenvalue weighted by Crippen LogP contribution is -2.37. The number of benzene rings is 3. The van der Waals surface area contributed by atoms with Crippen molar-refractivity contribution in [2.24, 2.45) is 0 Å². The van der Waals surface area contributed by atoms with Gasteiger partial charge in [0.2, 0.25) is 15.9 Å². The van der Waals surface area contributed by atoms with Gasteiger partial charge in [-0.15, -0.1) is 11.8 Å². The van der Waals surface area contributed by atoms with Gasteiger partial charge in [-0.2, -0.15) is 4.31 Å². The van der Waals surface area contributed by atoms with Crippen LogP contribution in [0.15, 0.2) is 93.1 Å². The molecule has 0 aliphatic carbocycles. The van der Waals surface area contributed by atoms with E-state index in [0.29, 0.717) is 5.69 Å². The average Bonchev–Trinajstić information content (AvgIpc) is 2.75. The SMILES string of the molecule is CSc1ccccc1NC(=O)CN(Cc1ccc(Br)cc1)S(=O)(=O)c1ccccc1. The van der Waals surface area contributed by atoms with Gasteiger partial charge < -0.3 is 5.32 Å². The number of halogens is 1. The first-order valence-corrected chi connectivity index (χ1v) is 12.6. The van der Waals surface area contributed by atoms with Crippen molar-refractivity contribution in [2.75, 3.05) is 18.1 Å². The van der Waals surface area contributed by atoms with Crippen molar-refractivity contribution in [1.29, 1.82) is 0 Å². The van der Waals surface area contributed by atoms with Crippen molar-refractivity contribution >= 4 is 49.3 Å². The van der Waals surface area contributed by atoms with Crippen LogP contribution in [0.3, 0.4) is 0 Å². The zero-order chi connectivity index (χ0) is 21.6. The van der Waals surface area contributed by atoms with Crippen LogP contribution in [-0.2, 0) is 21.4 Å². The molecule has 0 spiro atoms. The highest BCUT2D eigenvalue weighted by molar-refractivity contribution is 9.10. The Morgan fingerprint density at radius 3 is 2.27 bits per heavy atom. The number of hydrogen-bond acceptors (Lipinski definition) is 4. The standard InChI is InChI=1S/C22H21BrN2O3S2/c1-29-21-10-6-5-9-20(21)24-22(26)16-25(15-17-11-13-18(23)14-12-17)30(27,28)19-7-3-2-4-8-19/h2-14H,15-16H2,1H3,(H,24,26). The molecule has 5 nitrogen and oxygen atoms in total. The minimum absolute atomic E-state index is 0.0854. The topological polar surface area (TPSA) is 66.5 Å². The Balaban J connectivity index is 1.87. The second-order valence-electron chi connectivity index (χ2n) is 6.46. The molecule has 0 atom stereocenters. The number of sulfonamides is 1. The number of thioether (sulfide) groups is 1. The van der Waals surface area contributed by atoms with Crippen molar-refractivity contribution in [3.63, 3.8) is 0 Å². The van der Waals surface area contributed by atoms with Gasteiger partial charge in [0.1, 0.15) is 0 Å². The largest absolute Gasteiger partial charge is 0.324 e. The Labute approximate surface area is 189 Å². The van der Waals surface area contributed by atoms with Crippen LogP contribution in [0, 0.1) is 0 Å². The van der Waals surface area contributed by atoms with Gasteiger partial charge in [-0.05, 0) is 48.2 Å². The van der Waals surface area contributed by atoms with Crippen molar-refractivity contribution in [2.45, 2.75) is 16.3 Å². The Kier molecular flexibility index (Phi) is 7.71. The average molecular weight is 505 g/mol. The Hall–Kier alpha value is -2.13. The van der Waals surface area contributed by atoms with Gasteiger partial charge >= 0.3 is 0 Å². The molecular formula is C22H21BrN2O3S2. The molecule has 1 amide bonds. The van der Waals surface area contributed by atoms with E-state index in [0.717, 1.165) is 14.9 Å². The monoisotopic (exact) mass is 504 g/mol. The predicted octanol–water partition coefficient (Wildman–Crippen LogP) is 5.00. The fraction of sp³-hybridized carbons (Fsp3) is 0.136. The van der Waals surface area contributed by atoms with Crippen molar-refractivity contribution < 1.29 is 13.2 Å². The minimum Gasteiger partial charge on any atom is -0.324 e. The number of rotatable bonds is 8. The van der Waals surface area contributed by atoms with Gasteiger partial charge in [0, 0.05) is 15.9 Å². The predicted molar refractivity (Wildman–Crippen MR) is 125 cm³/mol. The number of hydrogen-bond donors (Lipinski definition) is 1. The quantitative estimate of drug-likeness (QED) is 0.438. The second kappa shape index (κ2) is 10.3. The molecule has 0 aromatic heterocycles. The molecule has 0 radical (unpaired) electrons. The maximum atomic E-state index is 13.2. The minimum atomic E-state index is -3.86. The van der Waals surface area contributed by atoms with Crippen LogP contribution in [-0.4, -0.2) is 31.4 Å². The first-order valence-electron chi connectivity index (χ1n) is 9.12. The number of nitrogens with zero attached hydrogens (tertiary/aromatic N) is 1. The number of para-hydroxylation sites is 1. The molecule has 8 heteroatoms. The number of carbonyl (C=O) groups is 1. The number of anilines is 1. The third kappa shape index (κ3) is 5.72. The van der Waals surface area contributed by atoms with Crippen LogP contribution in [0.4, 0.5) is 5.69 Å². The summed E-state index contributed by atoms with van der Waals surface area (Å²) in [6, 6.07) is 22.9. The third-order valence-electron chi connectivity index (χ3n) is 4.35. The number of nitrogens with one attached hydrogen (secondary N) is 1. The highest BCUT2D eigenvalue weighted by Crippen LogP contribution is 2.25. The molecule has 0 bridgehead atoms. The van der Waals surface area contributed by atoms with Gasteiger partial charge in [-0.3, -0.25) is 4.79 Å². The maximum Gasteiger partial charge on any atom is 0.243 e. The van der Waals surface area contributed by atoms with E-state index in [1.807, 2.05) is 48.7 Å². The molecule has 1 N–H and O–H groups in total. The molecular weight excluding hydrogens is 484 g/mol. The molecule has 0 saturated carbocycles. The molecule has 3 rings (SSSR count). The molecule has 0 aliphatic rings. The lowest BCUT2D eigenvalue weighted by atomic mass is 10.2. The molecule has 30 heavy (non-hydrogen) atoms. The van der Waals surface area contributed by atoms with Crippen LogP contribution in [0.5, 0.6) is 0 Å². The summed E-state index contributed by atoms with van der Waals surface area (Å²) in [5.41, 5.74) is 1.45. The van der Waals surface area contributed by atoms with Crippen molar-refractivity contribution in [1.82, 2.24) is 4.31 Å². The molecule has 0 fully saturated rings. The fourth-order valence-electron chi connectivity index (χ4n) is 2.86. The summed E-state index contributed by atoms with van der Waals surface area (Å²) in [6.07, 6.45) is 1.92. The smallest absolute Gasteiger partial charge is 0.243 e. The van der Waals surface area contributed by atoms with Crippen LogP contribution < -0.4 is 5.32 Å². The molecule has 0 saturated heterocycles. The first-order chi connectivity index (χ1) is 14.4. The molecule has 3 aromatic carbocycles. The van der Waals surface area contributed by atoms with E-state index in [1.54, 1.807) is 24.3 Å². The van der Waals surface area contributed by atoms with Gasteiger partial charge in [0.15, 0.2) is 0 Å². The van der Waals surface area contributed by atoms with E-state index >= 15 is 0 Å². The highest BCUT2D eigenvalue weighted by Gasteiger charge is 2.27. The summed E-state index contributed by atoms with van der Waals surface area (Å²) in [5, 5.41) is 2.84.